The highest BCUT2D eigenvalue weighted by Crippen LogP contribution is 2.47. The van der Waals surface area contributed by atoms with Gasteiger partial charge in [0.1, 0.15) is 11.5 Å². The van der Waals surface area contributed by atoms with Gasteiger partial charge in [0.05, 0.1) is 17.4 Å². The molecule has 0 saturated carbocycles. The van der Waals surface area contributed by atoms with E-state index in [2.05, 4.69) is 24.5 Å². The van der Waals surface area contributed by atoms with E-state index in [1.54, 1.807) is 0 Å². The molecule has 33 heavy (non-hydrogen) atoms. The Bertz CT molecular complexity index is 1260. The second-order valence-corrected chi connectivity index (χ2v) is 10.1. The van der Waals surface area contributed by atoms with Crippen molar-refractivity contribution in [2.24, 2.45) is 5.41 Å². The zero-order valence-corrected chi connectivity index (χ0v) is 19.8. The zero-order chi connectivity index (χ0) is 23.2. The average Bonchev–Trinajstić information content (AvgIpc) is 2.91. The molecular formula is C28H27ClN2O2. The third-order valence-electron chi connectivity index (χ3n) is 6.26. The van der Waals surface area contributed by atoms with Crippen LogP contribution < -0.4 is 15.4 Å². The maximum absolute atomic E-state index is 13.4. The van der Waals surface area contributed by atoms with Crippen molar-refractivity contribution in [3.05, 3.63) is 94.1 Å². The lowest BCUT2D eigenvalue weighted by molar-refractivity contribution is -0.118. The number of ketones is 1. The second kappa shape index (κ2) is 8.27. The number of carbonyl (C=O) groups is 1. The fraction of sp³-hybridized carbons (Fsp3) is 0.250. The van der Waals surface area contributed by atoms with Crippen molar-refractivity contribution in [1.29, 1.82) is 0 Å². The number of halogens is 1. The molecule has 2 N–H and O–H groups in total. The van der Waals surface area contributed by atoms with E-state index in [0.29, 0.717) is 11.4 Å². The van der Waals surface area contributed by atoms with Crippen LogP contribution in [0.1, 0.15) is 43.9 Å². The van der Waals surface area contributed by atoms with Gasteiger partial charge in [0.15, 0.2) is 5.78 Å². The SMILES string of the molecule is Cc1ccc(Oc2ccc3c(c2)NC(c2ccccc2Cl)C2=C(CC(C)(C)CC2=O)N3)cc1. The van der Waals surface area contributed by atoms with E-state index in [-0.39, 0.29) is 17.2 Å². The van der Waals surface area contributed by atoms with Crippen molar-refractivity contribution in [2.75, 3.05) is 10.6 Å². The number of hydrogen-bond donors (Lipinski definition) is 2. The Morgan fingerprint density at radius 2 is 1.67 bits per heavy atom. The van der Waals surface area contributed by atoms with Crippen LogP contribution in [0.4, 0.5) is 11.4 Å². The van der Waals surface area contributed by atoms with Crippen LogP contribution in [0.15, 0.2) is 78.0 Å². The van der Waals surface area contributed by atoms with Crippen molar-refractivity contribution >= 4 is 28.8 Å². The standard InChI is InChI=1S/C28H27ClN2O2/c1-17-8-10-18(11-9-17)33-19-12-13-22-23(14-19)31-27(20-6-4-5-7-21(20)29)26-24(30-22)15-28(2,3)16-25(26)32/h4-14,27,30-31H,15-16H2,1-3H3. The molecule has 1 heterocycles. The van der Waals surface area contributed by atoms with Crippen LogP contribution in [0, 0.1) is 12.3 Å². The summed E-state index contributed by atoms with van der Waals surface area (Å²) >= 11 is 6.61. The van der Waals surface area contributed by atoms with E-state index in [0.717, 1.165) is 46.1 Å². The summed E-state index contributed by atoms with van der Waals surface area (Å²) in [5.74, 6) is 1.64. The molecule has 0 fully saturated rings. The van der Waals surface area contributed by atoms with Crippen molar-refractivity contribution < 1.29 is 9.53 Å². The van der Waals surface area contributed by atoms with Crippen LogP contribution >= 0.6 is 11.6 Å². The van der Waals surface area contributed by atoms with Crippen LogP contribution in [0.2, 0.25) is 5.02 Å². The first-order chi connectivity index (χ1) is 15.8. The third-order valence-corrected chi connectivity index (χ3v) is 6.60. The van der Waals surface area contributed by atoms with Gasteiger partial charge in [-0.25, -0.2) is 0 Å². The topological polar surface area (TPSA) is 50.4 Å². The molecule has 0 radical (unpaired) electrons. The Balaban J connectivity index is 1.57. The third kappa shape index (κ3) is 4.36. The number of allylic oxidation sites excluding steroid dienone is 1. The molecule has 2 aliphatic rings. The molecule has 3 aromatic carbocycles. The minimum atomic E-state index is -0.347. The highest BCUT2D eigenvalue weighted by molar-refractivity contribution is 6.31. The van der Waals surface area contributed by atoms with Crippen LogP contribution in [0.25, 0.3) is 0 Å². The van der Waals surface area contributed by atoms with E-state index in [1.807, 2.05) is 73.7 Å². The predicted octanol–water partition coefficient (Wildman–Crippen LogP) is 7.66. The summed E-state index contributed by atoms with van der Waals surface area (Å²) in [6.45, 7) is 6.32. The number of ether oxygens (including phenoxy) is 1. The molecule has 0 aromatic heterocycles. The molecule has 3 aromatic rings. The second-order valence-electron chi connectivity index (χ2n) is 9.68. The van der Waals surface area contributed by atoms with E-state index >= 15 is 0 Å². The van der Waals surface area contributed by atoms with Gasteiger partial charge in [-0.15, -0.1) is 0 Å². The van der Waals surface area contributed by atoms with Gasteiger partial charge in [-0.05, 0) is 54.7 Å². The summed E-state index contributed by atoms with van der Waals surface area (Å²) < 4.78 is 6.10. The van der Waals surface area contributed by atoms with E-state index in [1.165, 1.54) is 5.56 Å². The van der Waals surface area contributed by atoms with Crippen molar-refractivity contribution in [2.45, 2.75) is 39.7 Å². The Morgan fingerprint density at radius 3 is 2.42 bits per heavy atom. The summed E-state index contributed by atoms with van der Waals surface area (Å²) in [5.41, 5.74) is 5.47. The molecule has 4 nitrogen and oxygen atoms in total. The largest absolute Gasteiger partial charge is 0.457 e. The van der Waals surface area contributed by atoms with Gasteiger partial charge < -0.3 is 15.4 Å². The lowest BCUT2D eigenvalue weighted by Crippen LogP contribution is -2.31. The van der Waals surface area contributed by atoms with Crippen LogP contribution in [-0.2, 0) is 4.79 Å². The molecule has 5 heteroatoms. The molecule has 168 valence electrons. The lowest BCUT2D eigenvalue weighted by atomic mass is 9.73. The highest BCUT2D eigenvalue weighted by Gasteiger charge is 2.39. The molecule has 0 spiro atoms. The first-order valence-electron chi connectivity index (χ1n) is 11.2. The molecule has 1 aliphatic carbocycles. The van der Waals surface area contributed by atoms with Gasteiger partial charge in [0, 0.05) is 28.8 Å². The van der Waals surface area contributed by atoms with Crippen LogP contribution in [0.5, 0.6) is 11.5 Å². The molecule has 0 saturated heterocycles. The molecule has 1 aliphatic heterocycles. The number of nitrogens with one attached hydrogen (secondary N) is 2. The molecule has 0 amide bonds. The van der Waals surface area contributed by atoms with E-state index in [9.17, 15) is 4.79 Å². The minimum absolute atomic E-state index is 0.104. The highest BCUT2D eigenvalue weighted by atomic mass is 35.5. The predicted molar refractivity (Wildman–Crippen MR) is 134 cm³/mol. The van der Waals surface area contributed by atoms with Crippen LogP contribution in [0.3, 0.4) is 0 Å². The molecule has 1 atom stereocenters. The van der Waals surface area contributed by atoms with Crippen molar-refractivity contribution in [1.82, 2.24) is 0 Å². The van der Waals surface area contributed by atoms with Gasteiger partial charge in [-0.1, -0.05) is 61.3 Å². The lowest BCUT2D eigenvalue weighted by Gasteiger charge is -2.34. The Labute approximate surface area is 199 Å². The summed E-state index contributed by atoms with van der Waals surface area (Å²) in [6.07, 6.45) is 1.30. The first kappa shape index (κ1) is 21.6. The summed E-state index contributed by atoms with van der Waals surface area (Å²) in [5, 5.41) is 7.80. The van der Waals surface area contributed by atoms with Crippen molar-refractivity contribution in [3.63, 3.8) is 0 Å². The number of hydrogen-bond acceptors (Lipinski definition) is 4. The van der Waals surface area contributed by atoms with Gasteiger partial charge in [-0.2, -0.15) is 0 Å². The number of benzene rings is 3. The number of carbonyl (C=O) groups excluding carboxylic acids is 1. The maximum Gasteiger partial charge on any atom is 0.163 e. The summed E-state index contributed by atoms with van der Waals surface area (Å²) in [6, 6.07) is 21.2. The number of fused-ring (bicyclic) bond motifs is 1. The first-order valence-corrected chi connectivity index (χ1v) is 11.6. The summed E-state index contributed by atoms with van der Waals surface area (Å²) in [7, 11) is 0. The van der Waals surface area contributed by atoms with E-state index < -0.39 is 0 Å². The van der Waals surface area contributed by atoms with Gasteiger partial charge in [0.25, 0.3) is 0 Å². The summed E-state index contributed by atoms with van der Waals surface area (Å²) in [4.78, 5) is 13.4. The molecule has 1 unspecified atom stereocenters. The molecule has 0 bridgehead atoms. The smallest absolute Gasteiger partial charge is 0.163 e. The number of aryl methyl sites for hydroxylation is 1. The molecule has 5 rings (SSSR count). The molecular weight excluding hydrogens is 432 g/mol. The maximum atomic E-state index is 13.4. The number of anilines is 2. The fourth-order valence-corrected chi connectivity index (χ4v) is 4.92. The Kier molecular flexibility index (Phi) is 5.41. The van der Waals surface area contributed by atoms with Gasteiger partial charge in [-0.3, -0.25) is 4.79 Å². The monoisotopic (exact) mass is 458 g/mol. The van der Waals surface area contributed by atoms with E-state index in [4.69, 9.17) is 16.3 Å². The van der Waals surface area contributed by atoms with Gasteiger partial charge >= 0.3 is 0 Å². The number of rotatable bonds is 3. The quantitative estimate of drug-likeness (QED) is 0.423. The normalized spacial score (nSPS) is 19.0. The average molecular weight is 459 g/mol. The Morgan fingerprint density at radius 1 is 0.939 bits per heavy atom. The Hall–Kier alpha value is -3.24. The zero-order valence-electron chi connectivity index (χ0n) is 19.0. The van der Waals surface area contributed by atoms with Crippen LogP contribution in [-0.4, -0.2) is 5.78 Å². The number of Topliss-reactive ketones (excluding diaryl/α,β-unsaturated/α-hetero) is 1. The van der Waals surface area contributed by atoms with Crippen molar-refractivity contribution in [3.8, 4) is 11.5 Å². The fourth-order valence-electron chi connectivity index (χ4n) is 4.67. The van der Waals surface area contributed by atoms with Gasteiger partial charge in [0.2, 0.25) is 0 Å². The minimum Gasteiger partial charge on any atom is -0.457 e.